The molecule has 3 N–H and O–H groups in total. The fourth-order valence-corrected chi connectivity index (χ4v) is 6.39. The first-order valence-corrected chi connectivity index (χ1v) is 14.9. The number of nitrogens with zero attached hydrogens (tertiary/aromatic N) is 4. The Bertz CT molecular complexity index is 1430. The van der Waals surface area contributed by atoms with Crippen LogP contribution >= 0.6 is 34.4 Å². The third-order valence-corrected chi connectivity index (χ3v) is 8.53. The maximum Gasteiger partial charge on any atom is 0.511 e. The Labute approximate surface area is 246 Å². The molecule has 14 nitrogen and oxygen atoms in total. The number of nitrogens with one attached hydrogen (secondary N) is 1. The van der Waals surface area contributed by atoms with Gasteiger partial charge in [0.2, 0.25) is 6.29 Å². The topological polar surface area (TPSA) is 185 Å². The Morgan fingerprint density at radius 2 is 2.07 bits per heavy atom. The number of ether oxygens (including phenoxy) is 3. The highest BCUT2D eigenvalue weighted by molar-refractivity contribution is 8.00. The number of hydrogen-bond acceptors (Lipinski definition) is 15. The number of aryl methyl sites for hydroxylation is 1. The highest BCUT2D eigenvalue weighted by Gasteiger charge is 2.54. The van der Waals surface area contributed by atoms with Crippen LogP contribution in [-0.4, -0.2) is 81.7 Å². The quantitative estimate of drug-likeness (QED) is 0.130. The van der Waals surface area contributed by atoms with Crippen LogP contribution in [0, 0.1) is 6.92 Å². The number of thiazole rings is 2. The molecule has 2 amide bonds. The first-order chi connectivity index (χ1) is 19.6. The van der Waals surface area contributed by atoms with E-state index >= 15 is 0 Å². The molecule has 0 bridgehead atoms. The summed E-state index contributed by atoms with van der Waals surface area (Å²) in [6.07, 6.45) is 1.22. The number of hydrogen-bond donors (Lipinski definition) is 2. The maximum absolute atomic E-state index is 13.4. The SMILES string of the molecule is CCOC(=O)OC(C)OC(=O)C1=C(/C=C/c2scnc2C)CSC2C(NC(=O)/C(=N/OC)c3csc(N)n3)C(=O)N12. The fraction of sp³-hybridized carbons (Fsp3) is 0.375. The molecule has 0 aliphatic carbocycles. The molecule has 2 aromatic heterocycles. The van der Waals surface area contributed by atoms with Crippen molar-refractivity contribution in [2.75, 3.05) is 25.2 Å². The van der Waals surface area contributed by atoms with Gasteiger partial charge in [-0.1, -0.05) is 11.2 Å². The van der Waals surface area contributed by atoms with Gasteiger partial charge in [0.15, 0.2) is 10.8 Å². The summed E-state index contributed by atoms with van der Waals surface area (Å²) in [5.41, 5.74) is 8.71. The lowest BCUT2D eigenvalue weighted by Gasteiger charge is -2.49. The summed E-state index contributed by atoms with van der Waals surface area (Å²) in [6, 6.07) is -0.976. The van der Waals surface area contributed by atoms with Crippen LogP contribution in [0.2, 0.25) is 0 Å². The minimum Gasteiger partial charge on any atom is -0.435 e. The zero-order valence-electron chi connectivity index (χ0n) is 22.3. The van der Waals surface area contributed by atoms with Gasteiger partial charge in [-0.2, -0.15) is 0 Å². The van der Waals surface area contributed by atoms with E-state index in [4.69, 9.17) is 24.8 Å². The highest BCUT2D eigenvalue weighted by atomic mass is 32.2. The summed E-state index contributed by atoms with van der Waals surface area (Å²) in [5.74, 6) is -1.82. The number of oxime groups is 1. The first-order valence-electron chi connectivity index (χ1n) is 12.1. The molecule has 2 aliphatic rings. The molecule has 2 aliphatic heterocycles. The zero-order chi connectivity index (χ0) is 29.7. The molecule has 41 heavy (non-hydrogen) atoms. The molecule has 0 spiro atoms. The van der Waals surface area contributed by atoms with E-state index in [0.29, 0.717) is 11.3 Å². The van der Waals surface area contributed by atoms with Crippen LogP contribution in [-0.2, 0) is 33.4 Å². The molecule has 1 saturated heterocycles. The molecule has 3 unspecified atom stereocenters. The van der Waals surface area contributed by atoms with Crippen LogP contribution < -0.4 is 11.1 Å². The number of anilines is 1. The van der Waals surface area contributed by atoms with Gasteiger partial charge in [0.05, 0.1) is 17.8 Å². The van der Waals surface area contributed by atoms with E-state index in [1.54, 1.807) is 24.6 Å². The lowest BCUT2D eigenvalue weighted by molar-refractivity contribution is -0.168. The number of carbonyl (C=O) groups excluding carboxylic acids is 4. The fourth-order valence-electron chi connectivity index (χ4n) is 3.83. The van der Waals surface area contributed by atoms with Crippen molar-refractivity contribution in [3.05, 3.63) is 44.5 Å². The van der Waals surface area contributed by atoms with Gasteiger partial charge in [-0.3, -0.25) is 14.5 Å². The van der Waals surface area contributed by atoms with Crippen molar-refractivity contribution < 1.29 is 38.2 Å². The predicted octanol–water partition coefficient (Wildman–Crippen LogP) is 2.27. The van der Waals surface area contributed by atoms with Gasteiger partial charge in [0.25, 0.3) is 11.8 Å². The van der Waals surface area contributed by atoms with Crippen molar-refractivity contribution in [1.82, 2.24) is 20.2 Å². The molecule has 0 radical (unpaired) electrons. The van der Waals surface area contributed by atoms with Crippen LogP contribution in [0.1, 0.15) is 30.1 Å². The van der Waals surface area contributed by atoms with Crippen LogP contribution in [0.25, 0.3) is 6.08 Å². The van der Waals surface area contributed by atoms with Gasteiger partial charge in [-0.15, -0.1) is 34.4 Å². The Balaban J connectivity index is 1.57. The number of allylic oxidation sites excluding steroid dienone is 1. The molecular formula is C24H26N6O8S3. The maximum atomic E-state index is 13.4. The summed E-state index contributed by atoms with van der Waals surface area (Å²) in [5, 5.41) is 7.54. The number of nitrogen functional groups attached to an aromatic ring is 1. The number of carbonyl (C=O) groups is 4. The Hall–Kier alpha value is -3.96. The molecule has 2 aromatic rings. The van der Waals surface area contributed by atoms with Crippen molar-refractivity contribution in [2.45, 2.75) is 38.5 Å². The van der Waals surface area contributed by atoms with Gasteiger partial charge < -0.3 is 30.1 Å². The Morgan fingerprint density at radius 1 is 1.29 bits per heavy atom. The molecule has 0 saturated carbocycles. The second-order valence-electron chi connectivity index (χ2n) is 8.34. The van der Waals surface area contributed by atoms with E-state index in [1.165, 1.54) is 47.4 Å². The average molecular weight is 623 g/mol. The summed E-state index contributed by atoms with van der Waals surface area (Å²) >= 11 is 3.89. The lowest BCUT2D eigenvalue weighted by Crippen LogP contribution is -2.71. The number of aromatic nitrogens is 2. The molecule has 17 heteroatoms. The Morgan fingerprint density at radius 3 is 2.71 bits per heavy atom. The number of amides is 2. The predicted molar refractivity (Wildman–Crippen MR) is 152 cm³/mol. The largest absolute Gasteiger partial charge is 0.511 e. The van der Waals surface area contributed by atoms with E-state index in [9.17, 15) is 19.2 Å². The molecular weight excluding hydrogens is 596 g/mol. The monoisotopic (exact) mass is 622 g/mol. The molecule has 218 valence electrons. The number of nitrogens with two attached hydrogens (primary N) is 1. The second kappa shape index (κ2) is 13.1. The van der Waals surface area contributed by atoms with Crippen molar-refractivity contribution in [3.8, 4) is 0 Å². The van der Waals surface area contributed by atoms with Crippen LogP contribution in [0.5, 0.6) is 0 Å². The van der Waals surface area contributed by atoms with Gasteiger partial charge in [-0.25, -0.2) is 19.6 Å². The molecule has 4 heterocycles. The van der Waals surface area contributed by atoms with Crippen LogP contribution in [0.3, 0.4) is 0 Å². The van der Waals surface area contributed by atoms with Crippen molar-refractivity contribution >= 4 is 75.3 Å². The standard InChI is InChI=1S/C24H26N6O8S3/c1-5-36-24(34)38-12(3)37-22(33)18-13(6-7-15-11(2)26-10-41-15)8-39-21-17(20(32)30(18)21)28-19(31)16(29-35-4)14-9-40-23(25)27-14/h6-7,9-10,12,17,21H,5,8H2,1-4H3,(H2,25,27)(H,28,31)/b7-6+,29-16+. The highest BCUT2D eigenvalue weighted by Crippen LogP contribution is 2.41. The zero-order valence-corrected chi connectivity index (χ0v) is 24.8. The van der Waals surface area contributed by atoms with E-state index in [-0.39, 0.29) is 28.8 Å². The van der Waals surface area contributed by atoms with E-state index < -0.39 is 41.6 Å². The van der Waals surface area contributed by atoms with Crippen molar-refractivity contribution in [3.63, 3.8) is 0 Å². The van der Waals surface area contributed by atoms with Crippen molar-refractivity contribution in [1.29, 1.82) is 0 Å². The van der Waals surface area contributed by atoms with Gasteiger partial charge >= 0.3 is 12.1 Å². The molecule has 1 fully saturated rings. The van der Waals surface area contributed by atoms with E-state index in [0.717, 1.165) is 21.9 Å². The van der Waals surface area contributed by atoms with Gasteiger partial charge in [0.1, 0.15) is 29.9 Å². The molecule has 0 aromatic carbocycles. The van der Waals surface area contributed by atoms with Crippen molar-refractivity contribution in [2.24, 2.45) is 5.16 Å². The van der Waals surface area contributed by atoms with Gasteiger partial charge in [-0.05, 0) is 25.5 Å². The number of esters is 1. The number of β-lactam (4-membered cyclic amide) rings is 1. The van der Waals surface area contributed by atoms with E-state index in [1.807, 2.05) is 6.92 Å². The summed E-state index contributed by atoms with van der Waals surface area (Å²) in [7, 11) is 1.27. The Kier molecular flexibility index (Phi) is 9.61. The third kappa shape index (κ3) is 6.68. The number of fused-ring (bicyclic) bond motifs is 1. The molecule has 4 rings (SSSR count). The van der Waals surface area contributed by atoms with E-state index in [2.05, 4.69) is 20.4 Å². The third-order valence-electron chi connectivity index (χ3n) is 5.66. The minimum absolute atomic E-state index is 0.0277. The minimum atomic E-state index is -1.29. The van der Waals surface area contributed by atoms with Crippen LogP contribution in [0.4, 0.5) is 9.93 Å². The molecule has 3 atom stereocenters. The average Bonchev–Trinajstić information content (AvgIpc) is 3.55. The lowest BCUT2D eigenvalue weighted by atomic mass is 10.0. The van der Waals surface area contributed by atoms with Gasteiger partial charge in [0, 0.05) is 22.9 Å². The summed E-state index contributed by atoms with van der Waals surface area (Å²) < 4.78 is 15.0. The first kappa shape index (κ1) is 30.0. The smallest absolute Gasteiger partial charge is 0.435 e. The summed E-state index contributed by atoms with van der Waals surface area (Å²) in [4.78, 5) is 66.6. The normalized spacial score (nSPS) is 19.4. The summed E-state index contributed by atoms with van der Waals surface area (Å²) in [6.45, 7) is 4.89. The number of rotatable bonds is 10. The number of thioether (sulfide) groups is 1. The second-order valence-corrected chi connectivity index (χ2v) is 11.2. The van der Waals surface area contributed by atoms with Crippen LogP contribution in [0.15, 0.2) is 33.4 Å².